The van der Waals surface area contributed by atoms with Crippen molar-refractivity contribution < 1.29 is 80.2 Å². The number of hydrogen-bond donors (Lipinski definition) is 3. The van der Waals surface area contributed by atoms with E-state index in [1.54, 1.807) is 0 Å². The minimum Gasteiger partial charge on any atom is -0.462 e. The van der Waals surface area contributed by atoms with E-state index in [-0.39, 0.29) is 25.7 Å². The van der Waals surface area contributed by atoms with Crippen LogP contribution in [-0.4, -0.2) is 96.7 Å². The summed E-state index contributed by atoms with van der Waals surface area (Å²) < 4.78 is 68.4. The van der Waals surface area contributed by atoms with Crippen LogP contribution in [0.5, 0.6) is 0 Å². The summed E-state index contributed by atoms with van der Waals surface area (Å²) in [5.41, 5.74) is 0. The van der Waals surface area contributed by atoms with Crippen molar-refractivity contribution in [1.29, 1.82) is 0 Å². The van der Waals surface area contributed by atoms with Crippen molar-refractivity contribution in [2.45, 2.75) is 382 Å². The molecule has 92 heavy (non-hydrogen) atoms. The quantitative estimate of drug-likeness (QED) is 0.0222. The summed E-state index contributed by atoms with van der Waals surface area (Å²) in [6.45, 7) is 14.1. The second-order valence-electron chi connectivity index (χ2n) is 28.2. The van der Waals surface area contributed by atoms with Gasteiger partial charge in [0.05, 0.1) is 26.4 Å². The molecular formula is C73H142O17P2. The number of phosphoric ester groups is 2. The molecule has 0 aromatic heterocycles. The molecule has 0 fully saturated rings. The summed E-state index contributed by atoms with van der Waals surface area (Å²) in [7, 11) is -9.91. The molecule has 0 aromatic rings. The Balaban J connectivity index is 5.24. The first-order valence-corrected chi connectivity index (χ1v) is 40.7. The van der Waals surface area contributed by atoms with E-state index in [0.29, 0.717) is 25.7 Å². The topological polar surface area (TPSA) is 237 Å². The van der Waals surface area contributed by atoms with E-state index in [1.165, 1.54) is 167 Å². The van der Waals surface area contributed by atoms with Crippen LogP contribution in [0.4, 0.5) is 0 Å². The SMILES string of the molecule is CC(C)CCCCCCCCCCCCCCCCC(=O)OC[C@H](COP(=O)(O)OCC(O)COP(=O)(O)OC[C@@H](COC(=O)CCCCCCCCCCC(C)C)OC(=O)CCCCCCCCCCCC(C)C)OC(=O)CCCCCCCCCCCC(C)C. The van der Waals surface area contributed by atoms with Gasteiger partial charge in [-0.3, -0.25) is 37.3 Å². The molecule has 3 unspecified atom stereocenters. The van der Waals surface area contributed by atoms with Crippen molar-refractivity contribution in [3.63, 3.8) is 0 Å². The van der Waals surface area contributed by atoms with Crippen LogP contribution in [0.3, 0.4) is 0 Å². The smallest absolute Gasteiger partial charge is 0.462 e. The van der Waals surface area contributed by atoms with Gasteiger partial charge in [0.2, 0.25) is 0 Å². The van der Waals surface area contributed by atoms with E-state index >= 15 is 0 Å². The first kappa shape index (κ1) is 90.1. The van der Waals surface area contributed by atoms with Gasteiger partial charge in [-0.25, -0.2) is 9.13 Å². The molecule has 5 atom stereocenters. The molecule has 0 spiro atoms. The normalized spacial score (nSPS) is 14.2. The number of phosphoric acid groups is 2. The highest BCUT2D eigenvalue weighted by Gasteiger charge is 2.30. The number of rotatable bonds is 70. The summed E-state index contributed by atoms with van der Waals surface area (Å²) in [5.74, 6) is 0.872. The number of aliphatic hydroxyl groups excluding tert-OH is 1. The fraction of sp³-hybridized carbons (Fsp3) is 0.945. The molecule has 0 radical (unpaired) electrons. The standard InChI is InChI=1S/C73H142O17P2/c1-63(2)49-41-33-25-17-13-11-9-10-12-14-20-29-37-45-53-70(75)83-59-68(89-72(77)55-47-39-31-21-15-18-26-34-42-50-64(3)4)61-87-91(79,80)85-57-67(74)58-86-92(81,82)88-62-69(60-84-71(76)54-46-38-30-24-23-28-36-44-52-66(7)8)90-73(78)56-48-40-32-22-16-19-27-35-43-51-65(5)6/h63-69,74H,9-62H2,1-8H3,(H,79,80)(H,81,82)/t67?,68-,69-/m1/s1. The van der Waals surface area contributed by atoms with Crippen molar-refractivity contribution in [2.75, 3.05) is 39.6 Å². The number of carbonyl (C=O) groups is 4. The summed E-state index contributed by atoms with van der Waals surface area (Å²) >= 11 is 0. The van der Waals surface area contributed by atoms with Crippen molar-refractivity contribution in [3.8, 4) is 0 Å². The van der Waals surface area contributed by atoms with Crippen LogP contribution < -0.4 is 0 Å². The van der Waals surface area contributed by atoms with Crippen LogP contribution in [0.1, 0.15) is 364 Å². The molecule has 0 aliphatic rings. The molecule has 0 aromatic carbocycles. The molecule has 546 valence electrons. The van der Waals surface area contributed by atoms with E-state index in [2.05, 4.69) is 55.4 Å². The monoisotopic (exact) mass is 1350 g/mol. The maximum absolute atomic E-state index is 13.0. The summed E-state index contributed by atoms with van der Waals surface area (Å²) in [6, 6.07) is 0. The molecule has 17 nitrogen and oxygen atoms in total. The predicted molar refractivity (Wildman–Crippen MR) is 372 cm³/mol. The van der Waals surface area contributed by atoms with Crippen molar-refractivity contribution in [1.82, 2.24) is 0 Å². The summed E-state index contributed by atoms with van der Waals surface area (Å²) in [5, 5.41) is 10.6. The third kappa shape index (κ3) is 66.7. The van der Waals surface area contributed by atoms with Crippen LogP contribution in [-0.2, 0) is 65.4 Å². The van der Waals surface area contributed by atoms with E-state index in [9.17, 15) is 43.2 Å². The van der Waals surface area contributed by atoms with Crippen LogP contribution in [0.25, 0.3) is 0 Å². The first-order chi connectivity index (χ1) is 44.1. The lowest BCUT2D eigenvalue weighted by atomic mass is 10.0. The third-order valence-electron chi connectivity index (χ3n) is 16.8. The molecule has 0 amide bonds. The van der Waals surface area contributed by atoms with Gasteiger partial charge in [0, 0.05) is 25.7 Å². The molecule has 19 heteroatoms. The minimum atomic E-state index is -4.95. The highest BCUT2D eigenvalue weighted by molar-refractivity contribution is 7.47. The van der Waals surface area contributed by atoms with Crippen LogP contribution >= 0.6 is 15.6 Å². The molecular weight excluding hydrogens is 1210 g/mol. The average Bonchev–Trinajstić information content (AvgIpc) is 3.28. The Bertz CT molecular complexity index is 1820. The van der Waals surface area contributed by atoms with Gasteiger partial charge in [-0.05, 0) is 49.4 Å². The summed E-state index contributed by atoms with van der Waals surface area (Å²) in [6.07, 6.45) is 45.9. The molecule has 0 aliphatic heterocycles. The fourth-order valence-electron chi connectivity index (χ4n) is 11.0. The molecule has 0 bridgehead atoms. The zero-order chi connectivity index (χ0) is 68.2. The Morgan fingerprint density at radius 3 is 0.674 bits per heavy atom. The molecule has 0 saturated carbocycles. The molecule has 0 saturated heterocycles. The minimum absolute atomic E-state index is 0.104. The zero-order valence-corrected chi connectivity index (χ0v) is 62.0. The van der Waals surface area contributed by atoms with Gasteiger partial charge in [-0.15, -0.1) is 0 Å². The van der Waals surface area contributed by atoms with Crippen molar-refractivity contribution in [2.24, 2.45) is 23.7 Å². The highest BCUT2D eigenvalue weighted by Crippen LogP contribution is 2.45. The Kier molecular flexibility index (Phi) is 61.3. The van der Waals surface area contributed by atoms with Crippen molar-refractivity contribution >= 4 is 39.5 Å². The maximum atomic E-state index is 13.0. The lowest BCUT2D eigenvalue weighted by molar-refractivity contribution is -0.161. The number of unbranched alkanes of at least 4 members (excludes halogenated alkanes) is 36. The molecule has 0 aliphatic carbocycles. The van der Waals surface area contributed by atoms with E-state index < -0.39 is 97.5 Å². The molecule has 0 heterocycles. The maximum Gasteiger partial charge on any atom is 0.472 e. The van der Waals surface area contributed by atoms with E-state index in [0.717, 1.165) is 114 Å². The number of ether oxygens (including phenoxy) is 4. The fourth-order valence-corrected chi connectivity index (χ4v) is 12.6. The highest BCUT2D eigenvalue weighted by atomic mass is 31.2. The van der Waals surface area contributed by atoms with E-state index in [4.69, 9.17) is 37.0 Å². The van der Waals surface area contributed by atoms with E-state index in [1.807, 2.05) is 0 Å². The number of hydrogen-bond acceptors (Lipinski definition) is 15. The van der Waals surface area contributed by atoms with Crippen molar-refractivity contribution in [3.05, 3.63) is 0 Å². The lowest BCUT2D eigenvalue weighted by Gasteiger charge is -2.21. The number of carbonyl (C=O) groups excluding carboxylic acids is 4. The van der Waals surface area contributed by atoms with Gasteiger partial charge in [0.15, 0.2) is 12.2 Å². The average molecular weight is 1350 g/mol. The Labute approximate surface area is 562 Å². The van der Waals surface area contributed by atoms with Gasteiger partial charge < -0.3 is 33.8 Å². The molecule has 3 N–H and O–H groups in total. The van der Waals surface area contributed by atoms with Gasteiger partial charge in [0.25, 0.3) is 0 Å². The van der Waals surface area contributed by atoms with Crippen LogP contribution in [0, 0.1) is 23.7 Å². The number of aliphatic hydroxyl groups is 1. The van der Waals surface area contributed by atoms with Gasteiger partial charge in [-0.2, -0.15) is 0 Å². The van der Waals surface area contributed by atoms with Crippen LogP contribution in [0.15, 0.2) is 0 Å². The second-order valence-corrected chi connectivity index (χ2v) is 31.1. The summed E-state index contributed by atoms with van der Waals surface area (Å²) in [4.78, 5) is 72.7. The van der Waals surface area contributed by atoms with Crippen LogP contribution in [0.2, 0.25) is 0 Å². The second kappa shape index (κ2) is 62.6. The Morgan fingerprint density at radius 2 is 0.457 bits per heavy atom. The van der Waals surface area contributed by atoms with Gasteiger partial charge in [0.1, 0.15) is 19.3 Å². The predicted octanol–water partition coefficient (Wildman–Crippen LogP) is 20.9. The molecule has 0 rings (SSSR count). The van der Waals surface area contributed by atoms with Gasteiger partial charge >= 0.3 is 39.5 Å². The Hall–Kier alpha value is -1.94. The Morgan fingerprint density at radius 1 is 0.272 bits per heavy atom. The third-order valence-corrected chi connectivity index (χ3v) is 18.7. The van der Waals surface area contributed by atoms with Gasteiger partial charge in [-0.1, -0.05) is 312 Å². The zero-order valence-electron chi connectivity index (χ0n) is 60.2. The largest absolute Gasteiger partial charge is 0.472 e. The number of esters is 4. The lowest BCUT2D eigenvalue weighted by Crippen LogP contribution is -2.30. The first-order valence-electron chi connectivity index (χ1n) is 37.7.